The highest BCUT2D eigenvalue weighted by Crippen LogP contribution is 2.42. The summed E-state index contributed by atoms with van der Waals surface area (Å²) in [6.45, 7) is 2.29. The van der Waals surface area contributed by atoms with E-state index in [-0.39, 0.29) is 6.42 Å². The molecule has 29 heavy (non-hydrogen) atoms. The molecule has 0 aliphatic heterocycles. The van der Waals surface area contributed by atoms with Gasteiger partial charge in [0, 0.05) is 6.42 Å². The van der Waals surface area contributed by atoms with Crippen molar-refractivity contribution in [1.82, 2.24) is 0 Å². The highest BCUT2D eigenvalue weighted by Gasteiger charge is 2.27. The molecule has 2 nitrogen and oxygen atoms in total. The molecule has 0 heterocycles. The van der Waals surface area contributed by atoms with Crippen molar-refractivity contribution in [2.24, 2.45) is 5.92 Å². The molecule has 1 saturated carbocycles. The van der Waals surface area contributed by atoms with Crippen molar-refractivity contribution in [2.45, 2.75) is 135 Å². The molecule has 0 radical (unpaired) electrons. The third-order valence-electron chi connectivity index (χ3n) is 6.17. The van der Waals surface area contributed by atoms with Crippen molar-refractivity contribution >= 4 is 5.97 Å². The smallest absolute Gasteiger partial charge is 0.303 e. The van der Waals surface area contributed by atoms with Crippen molar-refractivity contribution in [3.63, 3.8) is 0 Å². The highest BCUT2D eigenvalue weighted by molar-refractivity contribution is 5.66. The van der Waals surface area contributed by atoms with Crippen LogP contribution in [-0.4, -0.2) is 11.1 Å². The Balaban J connectivity index is 1.79. The minimum absolute atomic E-state index is 0.287. The van der Waals surface area contributed by atoms with Crippen molar-refractivity contribution in [3.8, 4) is 0 Å². The van der Waals surface area contributed by atoms with Crippen LogP contribution in [0.5, 0.6) is 0 Å². The molecule has 1 aliphatic carbocycles. The van der Waals surface area contributed by atoms with Crippen molar-refractivity contribution in [2.75, 3.05) is 0 Å². The van der Waals surface area contributed by atoms with Crippen LogP contribution in [0.1, 0.15) is 135 Å². The number of hydrogen-bond acceptors (Lipinski definition) is 1. The number of aliphatic carboxylic acids is 1. The van der Waals surface area contributed by atoms with Gasteiger partial charge in [-0.3, -0.25) is 4.79 Å². The van der Waals surface area contributed by atoms with Gasteiger partial charge in [-0.2, -0.15) is 0 Å². The van der Waals surface area contributed by atoms with Gasteiger partial charge in [-0.15, -0.1) is 0 Å². The Morgan fingerprint density at radius 2 is 1.34 bits per heavy atom. The molecule has 0 saturated heterocycles. The summed E-state index contributed by atoms with van der Waals surface area (Å²) in [5.41, 5.74) is 1.70. The third kappa shape index (κ3) is 17.5. The number of unbranched alkanes of at least 4 members (excludes halogenated alkanes) is 14. The molecular weight excluding hydrogens is 356 g/mol. The first-order chi connectivity index (χ1) is 14.2. The van der Waals surface area contributed by atoms with E-state index >= 15 is 0 Å². The number of carboxylic acids is 1. The van der Waals surface area contributed by atoms with E-state index in [2.05, 4.69) is 25.2 Å². The van der Waals surface area contributed by atoms with Gasteiger partial charge in [-0.25, -0.2) is 0 Å². The first-order valence-electron chi connectivity index (χ1n) is 12.8. The Morgan fingerprint density at radius 1 is 0.793 bits per heavy atom. The molecule has 0 spiro atoms. The summed E-state index contributed by atoms with van der Waals surface area (Å²) in [6, 6.07) is 0. The zero-order valence-corrected chi connectivity index (χ0v) is 19.3. The second-order valence-electron chi connectivity index (χ2n) is 9.05. The van der Waals surface area contributed by atoms with Crippen LogP contribution < -0.4 is 0 Å². The fourth-order valence-corrected chi connectivity index (χ4v) is 4.14. The van der Waals surface area contributed by atoms with Gasteiger partial charge in [0.25, 0.3) is 0 Å². The Morgan fingerprint density at radius 3 is 1.93 bits per heavy atom. The first-order valence-corrected chi connectivity index (χ1v) is 12.8. The van der Waals surface area contributed by atoms with Gasteiger partial charge in [0.1, 0.15) is 0 Å². The monoisotopic (exact) mass is 404 g/mol. The maximum Gasteiger partial charge on any atom is 0.303 e. The molecule has 0 unspecified atom stereocenters. The summed E-state index contributed by atoms with van der Waals surface area (Å²) in [5.74, 6) is 0.216. The maximum absolute atomic E-state index is 10.4. The van der Waals surface area contributed by atoms with Crippen LogP contribution >= 0.6 is 0 Å². The number of hydrogen-bond donors (Lipinski definition) is 1. The summed E-state index contributed by atoms with van der Waals surface area (Å²) in [7, 11) is 0. The van der Waals surface area contributed by atoms with E-state index in [4.69, 9.17) is 5.11 Å². The fourth-order valence-electron chi connectivity index (χ4n) is 4.14. The summed E-state index contributed by atoms with van der Waals surface area (Å²) >= 11 is 0. The lowest BCUT2D eigenvalue weighted by Crippen LogP contribution is -1.92. The Kier molecular flexibility index (Phi) is 17.0. The zero-order valence-electron chi connectivity index (χ0n) is 19.3. The molecule has 0 bridgehead atoms. The minimum atomic E-state index is -0.689. The van der Waals surface area contributed by atoms with Crippen molar-refractivity contribution in [1.29, 1.82) is 0 Å². The van der Waals surface area contributed by atoms with E-state index in [1.165, 1.54) is 96.3 Å². The zero-order chi connectivity index (χ0) is 21.0. The lowest BCUT2D eigenvalue weighted by atomic mass is 10.0. The molecule has 1 aliphatic rings. The van der Waals surface area contributed by atoms with Crippen LogP contribution in [0.3, 0.4) is 0 Å². The number of allylic oxidation sites excluding steroid dienone is 4. The third-order valence-corrected chi connectivity index (χ3v) is 6.17. The van der Waals surface area contributed by atoms with Gasteiger partial charge in [0.2, 0.25) is 0 Å². The maximum atomic E-state index is 10.4. The average molecular weight is 405 g/mol. The molecule has 0 aromatic rings. The summed E-state index contributed by atoms with van der Waals surface area (Å²) in [6.07, 6.45) is 32.5. The Hall–Kier alpha value is -1.05. The predicted octanol–water partition coefficient (Wildman–Crippen LogP) is 9.01. The van der Waals surface area contributed by atoms with Crippen LogP contribution in [0.15, 0.2) is 23.8 Å². The molecule has 1 N–H and O–H groups in total. The van der Waals surface area contributed by atoms with Crippen LogP contribution in [-0.2, 0) is 4.79 Å². The summed E-state index contributed by atoms with van der Waals surface area (Å²) < 4.78 is 0. The largest absolute Gasteiger partial charge is 0.481 e. The van der Waals surface area contributed by atoms with Crippen molar-refractivity contribution in [3.05, 3.63) is 23.8 Å². The quantitative estimate of drug-likeness (QED) is 0.153. The minimum Gasteiger partial charge on any atom is -0.481 e. The van der Waals surface area contributed by atoms with E-state index in [9.17, 15) is 4.79 Å². The molecule has 168 valence electrons. The normalized spacial score (nSPS) is 17.4. The molecule has 1 fully saturated rings. The van der Waals surface area contributed by atoms with Crippen molar-refractivity contribution < 1.29 is 9.90 Å². The fraction of sp³-hybridized carbons (Fsp3) is 0.815. The second kappa shape index (κ2) is 18.9. The lowest BCUT2D eigenvalue weighted by molar-refractivity contribution is -0.137. The molecule has 0 aromatic carbocycles. The summed E-state index contributed by atoms with van der Waals surface area (Å²) in [5, 5.41) is 8.59. The van der Waals surface area contributed by atoms with E-state index in [1.807, 2.05) is 0 Å². The average Bonchev–Trinajstić information content (AvgIpc) is 3.45. The highest BCUT2D eigenvalue weighted by atomic mass is 16.4. The standard InChI is InChI=1S/C27H48O2/c1-2-3-4-5-6-7-8-9-10-11-12-15-18-21-25-24-26(25)22-19-16-13-14-17-20-23-27(28)29/h13-14,22,25H,2-12,15-21,23-24H2,1H3,(H,28,29)/b14-13-,26-22+/t25-/m0/s1. The molecule has 0 aromatic heterocycles. The number of carboxylic acid groups (broad SMARTS) is 1. The SMILES string of the molecule is CCCCCCCCCCCCCCC[C@H]1C/C1=C\CC/C=C\CCCC(=O)O. The number of rotatable bonds is 21. The molecule has 0 amide bonds. The molecule has 1 atom stereocenters. The van der Waals surface area contributed by atoms with Gasteiger partial charge in [-0.1, -0.05) is 114 Å². The van der Waals surface area contributed by atoms with Gasteiger partial charge >= 0.3 is 5.97 Å². The molecular formula is C27H48O2. The van der Waals surface area contributed by atoms with Gasteiger partial charge in [0.05, 0.1) is 0 Å². The Labute approximate surface area is 181 Å². The lowest BCUT2D eigenvalue weighted by Gasteiger charge is -2.03. The number of carbonyl (C=O) groups is 1. The van der Waals surface area contributed by atoms with Crippen LogP contribution in [0.25, 0.3) is 0 Å². The van der Waals surface area contributed by atoms with Gasteiger partial charge < -0.3 is 5.11 Å². The van der Waals surface area contributed by atoms with Gasteiger partial charge in [0.15, 0.2) is 0 Å². The van der Waals surface area contributed by atoms with Crippen LogP contribution in [0, 0.1) is 5.92 Å². The van der Waals surface area contributed by atoms with Gasteiger partial charge in [-0.05, 0) is 44.4 Å². The molecule has 2 heteroatoms. The second-order valence-corrected chi connectivity index (χ2v) is 9.05. The van der Waals surface area contributed by atoms with E-state index < -0.39 is 5.97 Å². The van der Waals surface area contributed by atoms with E-state index in [0.29, 0.717) is 0 Å². The van der Waals surface area contributed by atoms with E-state index in [1.54, 1.807) is 5.57 Å². The topological polar surface area (TPSA) is 37.3 Å². The predicted molar refractivity (Wildman–Crippen MR) is 126 cm³/mol. The molecule has 1 rings (SSSR count). The summed E-state index contributed by atoms with van der Waals surface area (Å²) in [4.78, 5) is 10.4. The first kappa shape index (κ1) is 26.0. The van der Waals surface area contributed by atoms with Crippen LogP contribution in [0.2, 0.25) is 0 Å². The van der Waals surface area contributed by atoms with E-state index in [0.717, 1.165) is 31.6 Å². The Bertz CT molecular complexity index is 449. The van der Waals surface area contributed by atoms with Crippen LogP contribution in [0.4, 0.5) is 0 Å².